The Kier molecular flexibility index (Phi) is 5.86. The molecule has 0 bridgehead atoms. The lowest BCUT2D eigenvalue weighted by molar-refractivity contribution is 0.0353. The Morgan fingerprint density at radius 2 is 1.82 bits per heavy atom. The van der Waals surface area contributed by atoms with Crippen LogP contribution in [0.15, 0.2) is 51.7 Å². The van der Waals surface area contributed by atoms with Crippen molar-refractivity contribution < 1.29 is 23.1 Å². The van der Waals surface area contributed by atoms with Gasteiger partial charge in [-0.1, -0.05) is 12.1 Å². The van der Waals surface area contributed by atoms with Crippen LogP contribution >= 0.6 is 0 Å². The first-order valence-electron chi connectivity index (χ1n) is 11.1. The van der Waals surface area contributed by atoms with E-state index in [1.54, 1.807) is 35.2 Å². The highest BCUT2D eigenvalue weighted by molar-refractivity contribution is 5.99. The van der Waals surface area contributed by atoms with Gasteiger partial charge in [0, 0.05) is 32.2 Å². The van der Waals surface area contributed by atoms with E-state index in [-0.39, 0.29) is 22.9 Å². The van der Waals surface area contributed by atoms with E-state index in [0.29, 0.717) is 47.6 Å². The zero-order valence-electron chi connectivity index (χ0n) is 18.4. The SMILES string of the molecule is COc1ccc2c(=O)c3c(oc2c1)C(=O)N(CCCN1CCOCC1)[C@@H]3c1ccc(F)cc1. The van der Waals surface area contributed by atoms with Crippen LogP contribution in [-0.4, -0.2) is 62.2 Å². The second kappa shape index (κ2) is 8.96. The molecule has 3 aromatic rings. The molecule has 172 valence electrons. The molecule has 0 aliphatic carbocycles. The van der Waals surface area contributed by atoms with Gasteiger partial charge in [-0.2, -0.15) is 0 Å². The first-order chi connectivity index (χ1) is 16.1. The summed E-state index contributed by atoms with van der Waals surface area (Å²) in [5, 5.41) is 0.379. The summed E-state index contributed by atoms with van der Waals surface area (Å²) in [6, 6.07) is 10.3. The molecule has 5 rings (SSSR count). The molecule has 0 N–H and O–H groups in total. The number of morpholine rings is 1. The van der Waals surface area contributed by atoms with Crippen molar-refractivity contribution in [2.24, 2.45) is 0 Å². The minimum Gasteiger partial charge on any atom is -0.497 e. The van der Waals surface area contributed by atoms with Crippen LogP contribution in [0.3, 0.4) is 0 Å². The molecule has 0 unspecified atom stereocenters. The second-order valence-corrected chi connectivity index (χ2v) is 8.30. The zero-order valence-corrected chi connectivity index (χ0v) is 18.4. The van der Waals surface area contributed by atoms with Crippen molar-refractivity contribution in [3.8, 4) is 5.75 Å². The molecule has 1 amide bonds. The number of hydrogen-bond acceptors (Lipinski definition) is 6. The van der Waals surface area contributed by atoms with Crippen LogP contribution in [-0.2, 0) is 4.74 Å². The van der Waals surface area contributed by atoms with Crippen LogP contribution in [0.5, 0.6) is 5.75 Å². The van der Waals surface area contributed by atoms with E-state index in [4.69, 9.17) is 13.9 Å². The second-order valence-electron chi connectivity index (χ2n) is 8.30. The predicted octanol–water partition coefficient (Wildman–Crippen LogP) is 3.21. The molecule has 1 atom stereocenters. The molecule has 1 fully saturated rings. The highest BCUT2D eigenvalue weighted by Gasteiger charge is 2.42. The number of nitrogens with zero attached hydrogens (tertiary/aromatic N) is 2. The van der Waals surface area contributed by atoms with Gasteiger partial charge in [-0.15, -0.1) is 0 Å². The van der Waals surface area contributed by atoms with Gasteiger partial charge in [0.15, 0.2) is 5.43 Å². The van der Waals surface area contributed by atoms with E-state index in [0.717, 1.165) is 26.1 Å². The summed E-state index contributed by atoms with van der Waals surface area (Å²) in [4.78, 5) is 30.9. The molecular weight excluding hydrogens is 427 g/mol. The largest absolute Gasteiger partial charge is 0.497 e. The van der Waals surface area contributed by atoms with Gasteiger partial charge in [0.1, 0.15) is 17.1 Å². The average Bonchev–Trinajstić information content (AvgIpc) is 3.12. The Balaban J connectivity index is 1.53. The van der Waals surface area contributed by atoms with Crippen molar-refractivity contribution in [1.82, 2.24) is 9.80 Å². The maximum Gasteiger partial charge on any atom is 0.290 e. The zero-order chi connectivity index (χ0) is 22.9. The fourth-order valence-electron chi connectivity index (χ4n) is 4.64. The van der Waals surface area contributed by atoms with E-state index in [1.807, 2.05) is 0 Å². The van der Waals surface area contributed by atoms with Crippen LogP contribution in [0.2, 0.25) is 0 Å². The Bertz CT molecular complexity index is 1230. The number of hydrogen-bond donors (Lipinski definition) is 0. The van der Waals surface area contributed by atoms with Gasteiger partial charge >= 0.3 is 0 Å². The Morgan fingerprint density at radius 3 is 2.55 bits per heavy atom. The van der Waals surface area contributed by atoms with Crippen LogP contribution in [0.25, 0.3) is 11.0 Å². The summed E-state index contributed by atoms with van der Waals surface area (Å²) in [5.74, 6) is -0.127. The molecule has 1 aromatic heterocycles. The van der Waals surface area contributed by atoms with Gasteiger partial charge < -0.3 is 18.8 Å². The van der Waals surface area contributed by atoms with Gasteiger partial charge in [0.05, 0.1) is 37.3 Å². The van der Waals surface area contributed by atoms with Crippen molar-refractivity contribution in [3.63, 3.8) is 0 Å². The summed E-state index contributed by atoms with van der Waals surface area (Å²) < 4.78 is 30.2. The third-order valence-electron chi connectivity index (χ3n) is 6.34. The topological polar surface area (TPSA) is 72.2 Å². The summed E-state index contributed by atoms with van der Waals surface area (Å²) in [5.41, 5.74) is 1.03. The van der Waals surface area contributed by atoms with Crippen molar-refractivity contribution in [2.75, 3.05) is 46.5 Å². The lowest BCUT2D eigenvalue weighted by Crippen LogP contribution is -2.38. The minimum atomic E-state index is -0.624. The number of methoxy groups -OCH3 is 1. The third kappa shape index (κ3) is 4.00. The Hall–Kier alpha value is -3.23. The van der Waals surface area contributed by atoms with Crippen LogP contribution in [0.4, 0.5) is 4.39 Å². The monoisotopic (exact) mass is 452 g/mol. The smallest absolute Gasteiger partial charge is 0.290 e. The van der Waals surface area contributed by atoms with Gasteiger partial charge in [0.2, 0.25) is 5.76 Å². The summed E-state index contributed by atoms with van der Waals surface area (Å²) in [7, 11) is 1.53. The van der Waals surface area contributed by atoms with Crippen molar-refractivity contribution in [1.29, 1.82) is 0 Å². The van der Waals surface area contributed by atoms with E-state index in [1.165, 1.54) is 19.2 Å². The first-order valence-corrected chi connectivity index (χ1v) is 11.1. The molecule has 8 heteroatoms. The molecule has 0 radical (unpaired) electrons. The maximum absolute atomic E-state index is 13.6. The molecule has 7 nitrogen and oxygen atoms in total. The minimum absolute atomic E-state index is 0.0430. The molecule has 0 saturated carbocycles. The lowest BCUT2D eigenvalue weighted by Gasteiger charge is -2.29. The molecule has 2 aromatic carbocycles. The quantitative estimate of drug-likeness (QED) is 0.572. The van der Waals surface area contributed by atoms with Crippen LogP contribution < -0.4 is 10.2 Å². The van der Waals surface area contributed by atoms with E-state index < -0.39 is 6.04 Å². The molecule has 33 heavy (non-hydrogen) atoms. The fourth-order valence-corrected chi connectivity index (χ4v) is 4.64. The van der Waals surface area contributed by atoms with Gasteiger partial charge in [0.25, 0.3) is 5.91 Å². The normalized spacial score (nSPS) is 18.7. The number of rotatable bonds is 6. The lowest BCUT2D eigenvalue weighted by atomic mass is 9.98. The first kappa shape index (κ1) is 21.6. The van der Waals surface area contributed by atoms with Crippen molar-refractivity contribution >= 4 is 16.9 Å². The number of benzene rings is 2. The number of fused-ring (bicyclic) bond motifs is 2. The standard InChI is InChI=1S/C25H25FN2O5/c1-31-18-7-8-19-20(15-18)33-24-21(23(19)29)22(16-3-5-17(26)6-4-16)28(25(24)30)10-2-9-27-11-13-32-14-12-27/h3-8,15,22H,2,9-14H2,1H3/t22-/m1/s1. The van der Waals surface area contributed by atoms with Gasteiger partial charge in [-0.3, -0.25) is 14.5 Å². The van der Waals surface area contributed by atoms with Crippen molar-refractivity contribution in [3.05, 3.63) is 75.4 Å². The number of amides is 1. The number of ether oxygens (including phenoxy) is 2. The number of carbonyl (C=O) groups is 1. The molecule has 0 spiro atoms. The fraction of sp³-hybridized carbons (Fsp3) is 0.360. The third-order valence-corrected chi connectivity index (χ3v) is 6.34. The molecule has 1 saturated heterocycles. The van der Waals surface area contributed by atoms with Crippen LogP contribution in [0.1, 0.15) is 34.1 Å². The predicted molar refractivity (Wildman–Crippen MR) is 120 cm³/mol. The van der Waals surface area contributed by atoms with Gasteiger partial charge in [-0.05, 0) is 36.2 Å². The van der Waals surface area contributed by atoms with Crippen molar-refractivity contribution in [2.45, 2.75) is 12.5 Å². The van der Waals surface area contributed by atoms with Gasteiger partial charge in [-0.25, -0.2) is 4.39 Å². The van der Waals surface area contributed by atoms with E-state index >= 15 is 0 Å². The average molecular weight is 452 g/mol. The Labute approximate surface area is 190 Å². The number of halogens is 1. The molecule has 3 heterocycles. The molecule has 2 aliphatic rings. The molecular formula is C25H25FN2O5. The maximum atomic E-state index is 13.6. The van der Waals surface area contributed by atoms with E-state index in [2.05, 4.69) is 4.90 Å². The highest BCUT2D eigenvalue weighted by atomic mass is 19.1. The summed E-state index contributed by atoms with van der Waals surface area (Å²) in [6.07, 6.45) is 0.735. The highest BCUT2D eigenvalue weighted by Crippen LogP contribution is 2.38. The summed E-state index contributed by atoms with van der Waals surface area (Å²) in [6.45, 7) is 4.41. The van der Waals surface area contributed by atoms with E-state index in [9.17, 15) is 14.0 Å². The number of carbonyl (C=O) groups excluding carboxylic acids is 1. The Morgan fingerprint density at radius 1 is 1.06 bits per heavy atom. The summed E-state index contributed by atoms with van der Waals surface area (Å²) >= 11 is 0. The molecule has 2 aliphatic heterocycles. The van der Waals surface area contributed by atoms with Crippen LogP contribution in [0, 0.1) is 5.82 Å².